The molecule has 1 heterocycles. The summed E-state index contributed by atoms with van der Waals surface area (Å²) in [7, 11) is 0. The van der Waals surface area contributed by atoms with Crippen LogP contribution in [0.5, 0.6) is 5.75 Å². The Balaban J connectivity index is 2.07. The molecular weight excluding hydrogens is 420 g/mol. The standard InChI is InChI=1S/C21H18F4N2O4/c1-2-11-31-15-9-5-12(6-10-15)17-16(18(28)13-3-7-14(22)8-4-13)20(30,21(23,24)25)27-19(29)26-17/h2-10,16-17,30H,1,11H2,(H2,26,27,29)/t16-,17+,20-/m0/s1. The fourth-order valence-electron chi connectivity index (χ4n) is 3.34. The van der Waals surface area contributed by atoms with E-state index in [1.54, 1.807) is 0 Å². The van der Waals surface area contributed by atoms with Crippen molar-refractivity contribution in [1.29, 1.82) is 0 Å². The van der Waals surface area contributed by atoms with E-state index in [1.165, 1.54) is 35.7 Å². The molecule has 0 radical (unpaired) electrons. The third-order valence-corrected chi connectivity index (χ3v) is 4.82. The van der Waals surface area contributed by atoms with Crippen molar-refractivity contribution in [2.24, 2.45) is 5.92 Å². The number of benzene rings is 2. The molecule has 0 unspecified atom stereocenters. The summed E-state index contributed by atoms with van der Waals surface area (Å²) in [5.74, 6) is -3.64. The zero-order chi connectivity index (χ0) is 22.8. The highest BCUT2D eigenvalue weighted by molar-refractivity contribution is 6.00. The summed E-state index contributed by atoms with van der Waals surface area (Å²) in [5, 5.41) is 14.2. The highest BCUT2D eigenvalue weighted by Crippen LogP contribution is 2.44. The Morgan fingerprint density at radius 2 is 1.77 bits per heavy atom. The normalized spacial score (nSPS) is 23.5. The van der Waals surface area contributed by atoms with Gasteiger partial charge in [0.15, 0.2) is 5.78 Å². The van der Waals surface area contributed by atoms with E-state index in [1.807, 2.05) is 0 Å². The molecule has 0 spiro atoms. The molecule has 0 saturated carbocycles. The number of nitrogens with one attached hydrogen (secondary N) is 2. The Morgan fingerprint density at radius 3 is 2.32 bits per heavy atom. The number of amides is 2. The lowest BCUT2D eigenvalue weighted by atomic mass is 9.77. The molecular formula is C21H18F4N2O4. The molecule has 10 heteroatoms. The number of halogens is 4. The molecule has 1 aliphatic rings. The number of hydrogen-bond acceptors (Lipinski definition) is 4. The summed E-state index contributed by atoms with van der Waals surface area (Å²) in [6, 6.07) is 6.63. The van der Waals surface area contributed by atoms with Crippen LogP contribution < -0.4 is 15.4 Å². The van der Waals surface area contributed by atoms with Crippen LogP contribution in [0, 0.1) is 11.7 Å². The SMILES string of the molecule is C=CCOc1ccc([C@H]2NC(=O)N[C@@](O)(C(F)(F)F)[C@@H]2C(=O)c2ccc(F)cc2)cc1. The van der Waals surface area contributed by atoms with Crippen molar-refractivity contribution >= 4 is 11.8 Å². The Kier molecular flexibility index (Phi) is 6.03. The Morgan fingerprint density at radius 1 is 1.16 bits per heavy atom. The third kappa shape index (κ3) is 4.38. The number of alkyl halides is 3. The minimum Gasteiger partial charge on any atom is -0.490 e. The maximum absolute atomic E-state index is 13.8. The number of aliphatic hydroxyl groups is 1. The largest absolute Gasteiger partial charge is 0.490 e. The van der Waals surface area contributed by atoms with Crippen LogP contribution in [0.3, 0.4) is 0 Å². The zero-order valence-corrected chi connectivity index (χ0v) is 15.9. The molecule has 31 heavy (non-hydrogen) atoms. The quantitative estimate of drug-likeness (QED) is 0.366. The Labute approximate surface area is 174 Å². The molecule has 3 rings (SSSR count). The van der Waals surface area contributed by atoms with Gasteiger partial charge >= 0.3 is 12.2 Å². The smallest absolute Gasteiger partial charge is 0.437 e. The number of carbonyl (C=O) groups excluding carboxylic acids is 2. The molecule has 2 amide bonds. The first kappa shape index (κ1) is 22.3. The minimum absolute atomic E-state index is 0.129. The average Bonchev–Trinajstić information content (AvgIpc) is 2.71. The molecule has 3 atom stereocenters. The molecule has 2 aromatic carbocycles. The molecule has 3 N–H and O–H groups in total. The lowest BCUT2D eigenvalue weighted by Crippen LogP contribution is -2.72. The maximum atomic E-state index is 13.8. The van der Waals surface area contributed by atoms with Gasteiger partial charge in [-0.1, -0.05) is 24.8 Å². The number of hydrogen-bond donors (Lipinski definition) is 3. The summed E-state index contributed by atoms with van der Waals surface area (Å²) < 4.78 is 60.1. The lowest BCUT2D eigenvalue weighted by molar-refractivity contribution is -0.287. The van der Waals surface area contributed by atoms with E-state index in [2.05, 4.69) is 11.9 Å². The second-order valence-electron chi connectivity index (χ2n) is 6.86. The van der Waals surface area contributed by atoms with E-state index >= 15 is 0 Å². The molecule has 0 aromatic heterocycles. The van der Waals surface area contributed by atoms with E-state index < -0.39 is 41.5 Å². The van der Waals surface area contributed by atoms with Gasteiger partial charge in [-0.25, -0.2) is 9.18 Å². The van der Waals surface area contributed by atoms with Gasteiger partial charge in [0, 0.05) is 5.56 Å². The highest BCUT2D eigenvalue weighted by Gasteiger charge is 2.66. The first-order chi connectivity index (χ1) is 14.6. The molecule has 0 bridgehead atoms. The number of ether oxygens (including phenoxy) is 1. The molecule has 1 fully saturated rings. The van der Waals surface area contributed by atoms with Gasteiger partial charge in [-0.15, -0.1) is 0 Å². The molecule has 6 nitrogen and oxygen atoms in total. The predicted octanol–water partition coefficient (Wildman–Crippen LogP) is 3.49. The van der Waals surface area contributed by atoms with Crippen LogP contribution in [-0.4, -0.2) is 35.4 Å². The zero-order valence-electron chi connectivity index (χ0n) is 15.9. The first-order valence-corrected chi connectivity index (χ1v) is 9.08. The van der Waals surface area contributed by atoms with Crippen LogP contribution in [0.4, 0.5) is 22.4 Å². The average molecular weight is 438 g/mol. The van der Waals surface area contributed by atoms with Crippen molar-refractivity contribution in [3.63, 3.8) is 0 Å². The fourth-order valence-corrected chi connectivity index (χ4v) is 3.34. The Hall–Kier alpha value is -3.40. The monoisotopic (exact) mass is 438 g/mol. The Bertz CT molecular complexity index is 976. The van der Waals surface area contributed by atoms with Gasteiger partial charge < -0.3 is 20.5 Å². The second-order valence-corrected chi connectivity index (χ2v) is 6.86. The lowest BCUT2D eigenvalue weighted by Gasteiger charge is -2.45. The van der Waals surface area contributed by atoms with Crippen LogP contribution in [0.1, 0.15) is 22.0 Å². The van der Waals surface area contributed by atoms with E-state index in [0.29, 0.717) is 5.75 Å². The van der Waals surface area contributed by atoms with Crippen LogP contribution in [-0.2, 0) is 0 Å². The van der Waals surface area contributed by atoms with Gasteiger partial charge in [0.05, 0.1) is 6.04 Å². The van der Waals surface area contributed by atoms with Crippen LogP contribution >= 0.6 is 0 Å². The van der Waals surface area contributed by atoms with Gasteiger partial charge in [0.25, 0.3) is 0 Å². The van der Waals surface area contributed by atoms with E-state index in [4.69, 9.17) is 4.74 Å². The van der Waals surface area contributed by atoms with Gasteiger partial charge in [0.2, 0.25) is 5.72 Å². The minimum atomic E-state index is -5.38. The molecule has 2 aromatic rings. The van der Waals surface area contributed by atoms with Crippen LogP contribution in [0.15, 0.2) is 61.2 Å². The van der Waals surface area contributed by atoms with Crippen LogP contribution in [0.25, 0.3) is 0 Å². The number of Topliss-reactive ketones (excluding diaryl/α,β-unsaturated/α-hetero) is 1. The highest BCUT2D eigenvalue weighted by atomic mass is 19.4. The van der Waals surface area contributed by atoms with Crippen molar-refractivity contribution in [3.05, 3.63) is 78.1 Å². The summed E-state index contributed by atoms with van der Waals surface area (Å²) >= 11 is 0. The molecule has 1 aliphatic heterocycles. The summed E-state index contributed by atoms with van der Waals surface area (Å²) in [6.07, 6.45) is -3.88. The predicted molar refractivity (Wildman–Crippen MR) is 102 cm³/mol. The van der Waals surface area contributed by atoms with Crippen molar-refractivity contribution < 1.29 is 37.0 Å². The topological polar surface area (TPSA) is 87.7 Å². The molecule has 164 valence electrons. The van der Waals surface area contributed by atoms with E-state index in [0.717, 1.165) is 24.3 Å². The first-order valence-electron chi connectivity index (χ1n) is 9.08. The van der Waals surface area contributed by atoms with Crippen molar-refractivity contribution in [1.82, 2.24) is 10.6 Å². The van der Waals surface area contributed by atoms with Gasteiger partial charge in [-0.3, -0.25) is 4.79 Å². The van der Waals surface area contributed by atoms with Crippen molar-refractivity contribution in [3.8, 4) is 5.75 Å². The van der Waals surface area contributed by atoms with Crippen molar-refractivity contribution in [2.45, 2.75) is 17.9 Å². The summed E-state index contributed by atoms with van der Waals surface area (Å²) in [6.45, 7) is 3.70. The number of urea groups is 1. The van der Waals surface area contributed by atoms with E-state index in [-0.39, 0.29) is 17.7 Å². The third-order valence-electron chi connectivity index (χ3n) is 4.82. The number of ketones is 1. The maximum Gasteiger partial charge on any atom is 0.437 e. The van der Waals surface area contributed by atoms with Gasteiger partial charge in [-0.2, -0.15) is 13.2 Å². The van der Waals surface area contributed by atoms with Gasteiger partial charge in [0.1, 0.15) is 24.1 Å². The van der Waals surface area contributed by atoms with E-state index in [9.17, 15) is 32.3 Å². The summed E-state index contributed by atoms with van der Waals surface area (Å²) in [4.78, 5) is 25.1. The van der Waals surface area contributed by atoms with Gasteiger partial charge in [-0.05, 0) is 42.0 Å². The van der Waals surface area contributed by atoms with Crippen molar-refractivity contribution in [2.75, 3.05) is 6.61 Å². The molecule has 1 saturated heterocycles. The molecule has 0 aliphatic carbocycles. The summed E-state index contributed by atoms with van der Waals surface area (Å²) in [5.41, 5.74) is -3.99. The second kappa shape index (κ2) is 8.38. The number of carbonyl (C=O) groups is 2. The number of rotatable bonds is 6. The fraction of sp³-hybridized carbons (Fsp3) is 0.238. The van der Waals surface area contributed by atoms with Crippen LogP contribution in [0.2, 0.25) is 0 Å².